The molecule has 0 aromatic rings. The third kappa shape index (κ3) is 1.89. The summed E-state index contributed by atoms with van der Waals surface area (Å²) in [6, 6.07) is 1.76. The number of rotatable bonds is 3. The largest absolute Gasteiger partial charge is 0.300 e. The van der Waals surface area contributed by atoms with Crippen LogP contribution in [0.1, 0.15) is 26.7 Å². The molecule has 3 saturated heterocycles. The number of hydrogen-bond donors (Lipinski definition) is 0. The van der Waals surface area contributed by atoms with E-state index in [1.165, 1.54) is 32.5 Å². The molecule has 0 aromatic carbocycles. The van der Waals surface area contributed by atoms with Gasteiger partial charge in [-0.05, 0) is 32.4 Å². The Labute approximate surface area is 81.9 Å². The van der Waals surface area contributed by atoms with Crippen LogP contribution in [0.4, 0.5) is 0 Å². The van der Waals surface area contributed by atoms with Crippen LogP contribution in [-0.4, -0.2) is 48.6 Å². The Kier molecular flexibility index (Phi) is 2.61. The maximum atomic E-state index is 2.65. The van der Waals surface area contributed by atoms with Crippen LogP contribution < -0.4 is 0 Å². The third-order valence-electron chi connectivity index (χ3n) is 3.66. The molecule has 2 heteroatoms. The first-order valence-electron chi connectivity index (χ1n) is 5.61. The van der Waals surface area contributed by atoms with Gasteiger partial charge in [0.15, 0.2) is 0 Å². The first kappa shape index (κ1) is 9.47. The summed E-state index contributed by atoms with van der Waals surface area (Å²) in [5.41, 5.74) is 0. The van der Waals surface area contributed by atoms with Gasteiger partial charge < -0.3 is 4.90 Å². The molecule has 0 N–H and O–H groups in total. The molecule has 3 aliphatic rings. The molecular weight excluding hydrogens is 160 g/mol. The fraction of sp³-hybridized carbons (Fsp3) is 1.00. The fourth-order valence-corrected chi connectivity index (χ4v) is 2.51. The summed E-state index contributed by atoms with van der Waals surface area (Å²) >= 11 is 0. The number of piperazine rings is 1. The predicted octanol–water partition coefficient (Wildman–Crippen LogP) is 1.42. The lowest BCUT2D eigenvalue weighted by Crippen LogP contribution is -2.67. The van der Waals surface area contributed by atoms with E-state index in [0.29, 0.717) is 0 Å². The zero-order valence-corrected chi connectivity index (χ0v) is 9.16. The minimum absolute atomic E-state index is 0.857. The van der Waals surface area contributed by atoms with Crippen molar-refractivity contribution in [2.75, 3.05) is 26.7 Å². The Morgan fingerprint density at radius 1 is 1.23 bits per heavy atom. The number of piperidine rings is 1. The SMILES string of the molecule is CC(C)CCN1CC2CC(C1)N2C. The highest BCUT2D eigenvalue weighted by atomic mass is 15.3. The summed E-state index contributed by atoms with van der Waals surface area (Å²) in [6.07, 6.45) is 2.82. The lowest BCUT2D eigenvalue weighted by molar-refractivity contribution is -0.0512. The zero-order valence-electron chi connectivity index (χ0n) is 9.16. The number of fused-ring (bicyclic) bond motifs is 2. The van der Waals surface area contributed by atoms with Crippen LogP contribution in [0.3, 0.4) is 0 Å². The minimum Gasteiger partial charge on any atom is -0.300 e. The molecule has 3 fully saturated rings. The molecule has 0 radical (unpaired) electrons. The van der Waals surface area contributed by atoms with Gasteiger partial charge in [-0.25, -0.2) is 0 Å². The standard InChI is InChI=1S/C11H22N2/c1-9(2)4-5-13-7-10-6-11(8-13)12(10)3/h9-11H,4-8H2,1-3H3. The monoisotopic (exact) mass is 182 g/mol. The minimum atomic E-state index is 0.857. The van der Waals surface area contributed by atoms with Crippen molar-refractivity contribution in [3.05, 3.63) is 0 Å². The number of likely N-dealkylation sites (N-methyl/N-ethyl adjacent to an activating group) is 1. The molecule has 0 spiro atoms. The summed E-state index contributed by atoms with van der Waals surface area (Å²) in [4.78, 5) is 5.20. The van der Waals surface area contributed by atoms with E-state index in [9.17, 15) is 0 Å². The van der Waals surface area contributed by atoms with Crippen LogP contribution >= 0.6 is 0 Å². The average Bonchev–Trinajstić information content (AvgIpc) is 2.14. The van der Waals surface area contributed by atoms with Crippen LogP contribution in [0.15, 0.2) is 0 Å². The van der Waals surface area contributed by atoms with E-state index in [0.717, 1.165) is 18.0 Å². The van der Waals surface area contributed by atoms with Crippen molar-refractivity contribution >= 4 is 0 Å². The molecule has 3 aliphatic heterocycles. The van der Waals surface area contributed by atoms with Gasteiger partial charge in [0, 0.05) is 25.2 Å². The van der Waals surface area contributed by atoms with Crippen molar-refractivity contribution in [2.45, 2.75) is 38.8 Å². The first-order valence-corrected chi connectivity index (χ1v) is 5.61. The normalized spacial score (nSPS) is 35.1. The molecule has 0 aromatic heterocycles. The molecule has 13 heavy (non-hydrogen) atoms. The highest BCUT2D eigenvalue weighted by molar-refractivity contribution is 4.98. The Morgan fingerprint density at radius 3 is 2.31 bits per heavy atom. The average molecular weight is 182 g/mol. The molecular formula is C11H22N2. The van der Waals surface area contributed by atoms with Crippen molar-refractivity contribution < 1.29 is 0 Å². The van der Waals surface area contributed by atoms with Crippen LogP contribution in [0, 0.1) is 5.92 Å². The summed E-state index contributed by atoms with van der Waals surface area (Å²) < 4.78 is 0. The molecule has 0 aliphatic carbocycles. The van der Waals surface area contributed by atoms with E-state index in [-0.39, 0.29) is 0 Å². The fourth-order valence-electron chi connectivity index (χ4n) is 2.51. The molecule has 3 heterocycles. The Morgan fingerprint density at radius 2 is 1.85 bits per heavy atom. The lowest BCUT2D eigenvalue weighted by Gasteiger charge is -2.55. The van der Waals surface area contributed by atoms with Gasteiger partial charge in [0.05, 0.1) is 0 Å². The first-order chi connectivity index (χ1) is 6.16. The van der Waals surface area contributed by atoms with Gasteiger partial charge in [-0.1, -0.05) is 13.8 Å². The van der Waals surface area contributed by atoms with Gasteiger partial charge in [0.2, 0.25) is 0 Å². The summed E-state index contributed by atoms with van der Waals surface area (Å²) in [5.74, 6) is 0.857. The van der Waals surface area contributed by atoms with Gasteiger partial charge in [0.1, 0.15) is 0 Å². The second kappa shape index (κ2) is 3.58. The molecule has 76 valence electrons. The zero-order chi connectivity index (χ0) is 9.42. The third-order valence-corrected chi connectivity index (χ3v) is 3.66. The van der Waals surface area contributed by atoms with Gasteiger partial charge >= 0.3 is 0 Å². The number of hydrogen-bond acceptors (Lipinski definition) is 2. The van der Waals surface area contributed by atoms with Gasteiger partial charge in [-0.2, -0.15) is 0 Å². The van der Waals surface area contributed by atoms with E-state index < -0.39 is 0 Å². The Balaban J connectivity index is 1.73. The van der Waals surface area contributed by atoms with E-state index in [4.69, 9.17) is 0 Å². The highest BCUT2D eigenvalue weighted by Crippen LogP contribution is 2.30. The van der Waals surface area contributed by atoms with Crippen molar-refractivity contribution in [1.29, 1.82) is 0 Å². The van der Waals surface area contributed by atoms with Gasteiger partial charge in [0.25, 0.3) is 0 Å². The molecule has 2 nitrogen and oxygen atoms in total. The lowest BCUT2D eigenvalue weighted by atomic mass is 9.88. The maximum absolute atomic E-state index is 2.65. The molecule has 2 bridgehead atoms. The molecule has 0 amide bonds. The summed E-state index contributed by atoms with van der Waals surface area (Å²) in [7, 11) is 2.28. The smallest absolute Gasteiger partial charge is 0.0238 e. The predicted molar refractivity (Wildman–Crippen MR) is 55.9 cm³/mol. The van der Waals surface area contributed by atoms with Crippen molar-refractivity contribution in [3.63, 3.8) is 0 Å². The molecule has 2 atom stereocenters. The second-order valence-corrected chi connectivity index (χ2v) is 5.15. The van der Waals surface area contributed by atoms with Crippen molar-refractivity contribution in [3.8, 4) is 0 Å². The second-order valence-electron chi connectivity index (χ2n) is 5.15. The van der Waals surface area contributed by atoms with Crippen molar-refractivity contribution in [2.24, 2.45) is 5.92 Å². The number of nitrogens with zero attached hydrogens (tertiary/aromatic N) is 2. The molecule has 0 saturated carbocycles. The van der Waals surface area contributed by atoms with Gasteiger partial charge in [-0.3, -0.25) is 4.90 Å². The Bertz CT molecular complexity index is 167. The van der Waals surface area contributed by atoms with Gasteiger partial charge in [-0.15, -0.1) is 0 Å². The van der Waals surface area contributed by atoms with E-state index in [2.05, 4.69) is 30.7 Å². The topological polar surface area (TPSA) is 6.48 Å². The summed E-state index contributed by atoms with van der Waals surface area (Å²) in [5, 5.41) is 0. The van der Waals surface area contributed by atoms with Crippen LogP contribution in [0.2, 0.25) is 0 Å². The van der Waals surface area contributed by atoms with Crippen LogP contribution in [0.5, 0.6) is 0 Å². The summed E-state index contributed by atoms with van der Waals surface area (Å²) in [6.45, 7) is 8.59. The Hall–Kier alpha value is -0.0800. The highest BCUT2D eigenvalue weighted by Gasteiger charge is 2.41. The molecule has 3 rings (SSSR count). The van der Waals surface area contributed by atoms with Crippen LogP contribution in [-0.2, 0) is 0 Å². The van der Waals surface area contributed by atoms with E-state index >= 15 is 0 Å². The quantitative estimate of drug-likeness (QED) is 0.651. The van der Waals surface area contributed by atoms with Crippen molar-refractivity contribution in [1.82, 2.24) is 9.80 Å². The molecule has 2 unspecified atom stereocenters. The van der Waals surface area contributed by atoms with Crippen LogP contribution in [0.25, 0.3) is 0 Å². The van der Waals surface area contributed by atoms with E-state index in [1.54, 1.807) is 0 Å². The maximum Gasteiger partial charge on any atom is 0.0238 e. The van der Waals surface area contributed by atoms with E-state index in [1.807, 2.05) is 0 Å².